The molecule has 0 aromatic heterocycles. The third-order valence-electron chi connectivity index (χ3n) is 3.72. The van der Waals surface area contributed by atoms with Gasteiger partial charge < -0.3 is 15.2 Å². The smallest absolute Gasteiger partial charge is 0.191 e. The largest absolute Gasteiger partial charge is 0.508 e. The molecule has 0 fully saturated rings. The number of phenolic OH excluding ortho intramolecular Hbond substituents is 1. The maximum absolute atomic E-state index is 9.85. The summed E-state index contributed by atoms with van der Waals surface area (Å²) in [5.41, 5.74) is 6.43. The second-order valence-electron chi connectivity index (χ2n) is 5.13. The first kappa shape index (κ1) is 15.3. The van der Waals surface area contributed by atoms with Crippen molar-refractivity contribution in [3.63, 3.8) is 0 Å². The molecule has 3 N–H and O–H groups in total. The molecule has 0 saturated heterocycles. The zero-order chi connectivity index (χ0) is 16.2. The van der Waals surface area contributed by atoms with Gasteiger partial charge >= 0.3 is 0 Å². The summed E-state index contributed by atoms with van der Waals surface area (Å²) in [6.45, 7) is 0. The van der Waals surface area contributed by atoms with Gasteiger partial charge in [0.05, 0.1) is 18.5 Å². The van der Waals surface area contributed by atoms with Crippen LogP contribution in [0.2, 0.25) is 0 Å². The van der Waals surface area contributed by atoms with E-state index in [-0.39, 0.29) is 0 Å². The highest BCUT2D eigenvalue weighted by Crippen LogP contribution is 2.29. The third-order valence-corrected chi connectivity index (χ3v) is 3.91. The number of hydrazone groups is 1. The number of hydrogen-bond donors (Lipinski definition) is 3. The summed E-state index contributed by atoms with van der Waals surface area (Å²) in [6, 6.07) is 13.0. The Balaban J connectivity index is 1.70. The van der Waals surface area contributed by atoms with E-state index < -0.39 is 0 Å². The fourth-order valence-electron chi connectivity index (χ4n) is 2.62. The highest BCUT2D eigenvalue weighted by atomic mass is 32.1. The van der Waals surface area contributed by atoms with Crippen LogP contribution in [0.3, 0.4) is 0 Å². The SMILES string of the molecule is COc1ccccc1NC(=S)NN=C1CCc2c(O)cccc21. The van der Waals surface area contributed by atoms with Gasteiger partial charge in [-0.3, -0.25) is 5.43 Å². The Morgan fingerprint density at radius 2 is 2.00 bits per heavy atom. The first-order chi connectivity index (χ1) is 11.2. The van der Waals surface area contributed by atoms with Crippen molar-refractivity contribution in [3.05, 3.63) is 53.6 Å². The molecule has 2 aromatic rings. The zero-order valence-electron chi connectivity index (χ0n) is 12.7. The van der Waals surface area contributed by atoms with Crippen LogP contribution in [0.5, 0.6) is 11.5 Å². The Morgan fingerprint density at radius 3 is 2.83 bits per heavy atom. The zero-order valence-corrected chi connectivity index (χ0v) is 13.5. The molecule has 0 heterocycles. The van der Waals surface area contributed by atoms with E-state index in [1.165, 1.54) is 0 Å². The lowest BCUT2D eigenvalue weighted by atomic mass is 10.1. The average molecular weight is 327 g/mol. The maximum Gasteiger partial charge on any atom is 0.191 e. The molecule has 0 radical (unpaired) electrons. The van der Waals surface area contributed by atoms with Gasteiger partial charge in [0.25, 0.3) is 0 Å². The molecular formula is C17H17N3O2S. The van der Waals surface area contributed by atoms with Crippen LogP contribution in [0, 0.1) is 0 Å². The van der Waals surface area contributed by atoms with E-state index in [4.69, 9.17) is 17.0 Å². The van der Waals surface area contributed by atoms with Crippen molar-refractivity contribution in [2.24, 2.45) is 5.10 Å². The van der Waals surface area contributed by atoms with E-state index in [1.54, 1.807) is 13.2 Å². The fourth-order valence-corrected chi connectivity index (χ4v) is 2.77. The Labute approximate surface area is 140 Å². The van der Waals surface area contributed by atoms with Crippen molar-refractivity contribution in [1.29, 1.82) is 0 Å². The summed E-state index contributed by atoms with van der Waals surface area (Å²) in [5, 5.41) is 17.7. The molecule has 1 aliphatic carbocycles. The van der Waals surface area contributed by atoms with Gasteiger partial charge in [-0.05, 0) is 43.3 Å². The van der Waals surface area contributed by atoms with Crippen molar-refractivity contribution in [1.82, 2.24) is 5.43 Å². The number of nitrogens with one attached hydrogen (secondary N) is 2. The summed E-state index contributed by atoms with van der Waals surface area (Å²) in [4.78, 5) is 0. The lowest BCUT2D eigenvalue weighted by molar-refractivity contribution is 0.417. The first-order valence-corrected chi connectivity index (χ1v) is 7.67. The van der Waals surface area contributed by atoms with E-state index in [2.05, 4.69) is 15.8 Å². The number of ether oxygens (including phenoxy) is 1. The topological polar surface area (TPSA) is 65.9 Å². The summed E-state index contributed by atoms with van der Waals surface area (Å²) in [7, 11) is 1.61. The van der Waals surface area contributed by atoms with E-state index in [0.717, 1.165) is 35.4 Å². The van der Waals surface area contributed by atoms with Gasteiger partial charge in [0.15, 0.2) is 5.11 Å². The van der Waals surface area contributed by atoms with E-state index in [1.807, 2.05) is 36.4 Å². The lowest BCUT2D eigenvalue weighted by Crippen LogP contribution is -2.25. The molecule has 0 unspecified atom stereocenters. The van der Waals surface area contributed by atoms with Gasteiger partial charge in [-0.15, -0.1) is 0 Å². The fraction of sp³-hybridized carbons (Fsp3) is 0.176. The van der Waals surface area contributed by atoms with Crippen molar-refractivity contribution >= 4 is 28.7 Å². The van der Waals surface area contributed by atoms with Crippen LogP contribution in [0.4, 0.5) is 5.69 Å². The van der Waals surface area contributed by atoms with Gasteiger partial charge in [-0.2, -0.15) is 5.10 Å². The van der Waals surface area contributed by atoms with Crippen LogP contribution in [0.1, 0.15) is 17.5 Å². The van der Waals surface area contributed by atoms with E-state index in [9.17, 15) is 5.11 Å². The van der Waals surface area contributed by atoms with Gasteiger partial charge in [0.2, 0.25) is 0 Å². The molecule has 0 amide bonds. The number of nitrogens with zero attached hydrogens (tertiary/aromatic N) is 1. The minimum atomic E-state index is 0.322. The molecule has 1 aliphatic rings. The number of rotatable bonds is 3. The number of para-hydroxylation sites is 2. The average Bonchev–Trinajstić information content (AvgIpc) is 2.98. The Bertz CT molecular complexity index is 774. The van der Waals surface area contributed by atoms with Crippen LogP contribution < -0.4 is 15.5 Å². The number of aromatic hydroxyl groups is 1. The second-order valence-corrected chi connectivity index (χ2v) is 5.54. The normalized spacial score (nSPS) is 14.4. The number of phenols is 1. The van der Waals surface area contributed by atoms with Crippen molar-refractivity contribution < 1.29 is 9.84 Å². The van der Waals surface area contributed by atoms with Gasteiger partial charge in [-0.25, -0.2) is 0 Å². The van der Waals surface area contributed by atoms with Crippen molar-refractivity contribution in [3.8, 4) is 11.5 Å². The van der Waals surface area contributed by atoms with E-state index >= 15 is 0 Å². The summed E-state index contributed by atoms with van der Waals surface area (Å²) >= 11 is 5.27. The number of methoxy groups -OCH3 is 1. The molecule has 0 atom stereocenters. The summed E-state index contributed by atoms with van der Waals surface area (Å²) < 4.78 is 5.27. The monoisotopic (exact) mass is 327 g/mol. The second kappa shape index (κ2) is 6.66. The van der Waals surface area contributed by atoms with Crippen LogP contribution >= 0.6 is 12.2 Å². The van der Waals surface area contributed by atoms with Crippen LogP contribution in [-0.4, -0.2) is 23.0 Å². The molecule has 0 spiro atoms. The Hall–Kier alpha value is -2.60. The highest BCUT2D eigenvalue weighted by Gasteiger charge is 2.20. The molecule has 0 aliphatic heterocycles. The molecular weight excluding hydrogens is 310 g/mol. The number of fused-ring (bicyclic) bond motifs is 1. The van der Waals surface area contributed by atoms with Crippen LogP contribution in [-0.2, 0) is 6.42 Å². The quantitative estimate of drug-likeness (QED) is 0.597. The molecule has 5 nitrogen and oxygen atoms in total. The van der Waals surface area contributed by atoms with Gasteiger partial charge in [0, 0.05) is 11.1 Å². The predicted molar refractivity (Wildman–Crippen MR) is 95.3 cm³/mol. The number of benzene rings is 2. The van der Waals surface area contributed by atoms with Gasteiger partial charge in [-0.1, -0.05) is 24.3 Å². The minimum Gasteiger partial charge on any atom is -0.508 e. The number of thiocarbonyl (C=S) groups is 1. The van der Waals surface area contributed by atoms with E-state index in [0.29, 0.717) is 16.6 Å². The third kappa shape index (κ3) is 3.27. The maximum atomic E-state index is 9.85. The molecule has 23 heavy (non-hydrogen) atoms. The summed E-state index contributed by atoms with van der Waals surface area (Å²) in [5.74, 6) is 1.03. The molecule has 118 valence electrons. The highest BCUT2D eigenvalue weighted by molar-refractivity contribution is 7.80. The summed E-state index contributed by atoms with van der Waals surface area (Å²) in [6.07, 6.45) is 1.56. The predicted octanol–water partition coefficient (Wildman–Crippen LogP) is 3.04. The van der Waals surface area contributed by atoms with Crippen molar-refractivity contribution in [2.75, 3.05) is 12.4 Å². The van der Waals surface area contributed by atoms with Crippen molar-refractivity contribution in [2.45, 2.75) is 12.8 Å². The standard InChI is InChI=1S/C17H17N3O2S/c1-22-16-8-3-2-6-14(16)18-17(23)20-19-13-10-9-12-11(13)5-4-7-15(12)21/h2-8,21H,9-10H2,1H3,(H2,18,20,23). The van der Waals surface area contributed by atoms with Gasteiger partial charge in [0.1, 0.15) is 11.5 Å². The molecule has 0 saturated carbocycles. The molecule has 6 heteroatoms. The molecule has 0 bridgehead atoms. The Morgan fingerprint density at radius 1 is 1.17 bits per heavy atom. The Kier molecular flexibility index (Phi) is 4.43. The van der Waals surface area contributed by atoms with Crippen LogP contribution in [0.15, 0.2) is 47.6 Å². The first-order valence-electron chi connectivity index (χ1n) is 7.27. The lowest BCUT2D eigenvalue weighted by Gasteiger charge is -2.11. The molecule has 3 rings (SSSR count). The number of hydrogen-bond acceptors (Lipinski definition) is 4. The molecule has 2 aromatic carbocycles. The minimum absolute atomic E-state index is 0.322. The number of anilines is 1. The van der Waals surface area contributed by atoms with Crippen LogP contribution in [0.25, 0.3) is 0 Å².